The Morgan fingerprint density at radius 2 is 2.04 bits per heavy atom. The Kier molecular flexibility index (Phi) is 4.71. The maximum Gasteiger partial charge on any atom is 0.267 e. The molecular weight excluding hydrogens is 333 g/mol. The van der Waals surface area contributed by atoms with E-state index in [-0.39, 0.29) is 11.9 Å². The fourth-order valence-corrected chi connectivity index (χ4v) is 3.28. The van der Waals surface area contributed by atoms with E-state index < -0.39 is 0 Å². The third-order valence-corrected chi connectivity index (χ3v) is 4.67. The van der Waals surface area contributed by atoms with Gasteiger partial charge in [0, 0.05) is 18.3 Å². The van der Waals surface area contributed by atoms with Gasteiger partial charge in [0.25, 0.3) is 5.89 Å². The van der Waals surface area contributed by atoms with E-state index in [9.17, 15) is 4.39 Å². The Hall–Kier alpha value is -2.67. The van der Waals surface area contributed by atoms with Gasteiger partial charge in [-0.2, -0.15) is 0 Å². The van der Waals surface area contributed by atoms with Crippen LogP contribution in [0.4, 0.5) is 4.39 Å². The first-order valence-electron chi connectivity index (χ1n) is 8.80. The molecule has 0 amide bonds. The molecule has 0 N–H and O–H groups in total. The fraction of sp³-hybridized carbons (Fsp3) is 0.368. The zero-order valence-electron chi connectivity index (χ0n) is 14.6. The van der Waals surface area contributed by atoms with Gasteiger partial charge < -0.3 is 4.42 Å². The Bertz CT molecular complexity index is 880. The average molecular weight is 353 g/mol. The number of aromatic nitrogens is 4. The quantitative estimate of drug-likeness (QED) is 0.712. The van der Waals surface area contributed by atoms with Crippen molar-refractivity contribution >= 4 is 0 Å². The maximum atomic E-state index is 14.0. The highest BCUT2D eigenvalue weighted by Crippen LogP contribution is 2.32. The summed E-state index contributed by atoms with van der Waals surface area (Å²) in [7, 11) is 0. The van der Waals surface area contributed by atoms with Crippen LogP contribution >= 0.6 is 0 Å². The van der Waals surface area contributed by atoms with Crippen molar-refractivity contribution in [1.82, 2.24) is 25.1 Å². The van der Waals surface area contributed by atoms with E-state index in [0.717, 1.165) is 31.5 Å². The van der Waals surface area contributed by atoms with Gasteiger partial charge in [-0.1, -0.05) is 24.6 Å². The first-order chi connectivity index (χ1) is 12.7. The maximum absolute atomic E-state index is 14.0. The summed E-state index contributed by atoms with van der Waals surface area (Å²) in [5, 5.41) is 8.36. The molecule has 2 aromatic heterocycles. The zero-order valence-corrected chi connectivity index (χ0v) is 14.6. The van der Waals surface area contributed by atoms with E-state index in [4.69, 9.17) is 4.42 Å². The van der Waals surface area contributed by atoms with Gasteiger partial charge in [0.2, 0.25) is 5.89 Å². The smallest absolute Gasteiger partial charge is 0.267 e. The number of rotatable bonds is 4. The van der Waals surface area contributed by atoms with E-state index in [2.05, 4.69) is 25.1 Å². The number of likely N-dealkylation sites (tertiary alicyclic amines) is 1. The van der Waals surface area contributed by atoms with Crippen LogP contribution in [0.1, 0.15) is 42.5 Å². The van der Waals surface area contributed by atoms with Crippen LogP contribution in [-0.4, -0.2) is 31.6 Å². The van der Waals surface area contributed by atoms with Crippen LogP contribution < -0.4 is 0 Å². The summed E-state index contributed by atoms with van der Waals surface area (Å²) >= 11 is 0. The molecule has 134 valence electrons. The molecule has 3 aromatic rings. The van der Waals surface area contributed by atoms with Gasteiger partial charge >= 0.3 is 0 Å². The number of nitrogens with zero attached hydrogens (tertiary/aromatic N) is 5. The van der Waals surface area contributed by atoms with E-state index in [1.165, 1.54) is 6.07 Å². The van der Waals surface area contributed by atoms with Crippen LogP contribution in [0.15, 0.2) is 41.1 Å². The van der Waals surface area contributed by atoms with Crippen molar-refractivity contribution < 1.29 is 8.81 Å². The minimum absolute atomic E-state index is 0.0111. The molecule has 0 aliphatic carbocycles. The van der Waals surface area contributed by atoms with Gasteiger partial charge in [0.1, 0.15) is 11.5 Å². The molecule has 3 heterocycles. The number of piperidine rings is 1. The van der Waals surface area contributed by atoms with Crippen molar-refractivity contribution in [3.63, 3.8) is 0 Å². The second-order valence-electron chi connectivity index (χ2n) is 6.56. The molecule has 6 nitrogen and oxygen atoms in total. The first-order valence-corrected chi connectivity index (χ1v) is 8.80. The molecule has 1 atom stereocenters. The number of aryl methyl sites for hydroxylation is 1. The number of halogens is 1. The number of benzene rings is 1. The minimum atomic E-state index is -0.182. The number of hydrogen-bond donors (Lipinski definition) is 0. The lowest BCUT2D eigenvalue weighted by atomic mass is 10.0. The van der Waals surface area contributed by atoms with Crippen molar-refractivity contribution in [3.8, 4) is 11.6 Å². The molecule has 0 saturated carbocycles. The van der Waals surface area contributed by atoms with Crippen LogP contribution in [0.25, 0.3) is 11.6 Å². The lowest BCUT2D eigenvalue weighted by Crippen LogP contribution is -2.33. The fourth-order valence-electron chi connectivity index (χ4n) is 3.28. The molecule has 1 aliphatic rings. The summed E-state index contributed by atoms with van der Waals surface area (Å²) in [6.45, 7) is 3.28. The molecule has 26 heavy (non-hydrogen) atoms. The van der Waals surface area contributed by atoms with Crippen molar-refractivity contribution in [2.75, 3.05) is 6.54 Å². The summed E-state index contributed by atoms with van der Waals surface area (Å²) in [5.41, 5.74) is 2.08. The highest BCUT2D eigenvalue weighted by Gasteiger charge is 2.29. The highest BCUT2D eigenvalue weighted by atomic mass is 19.1. The third-order valence-electron chi connectivity index (χ3n) is 4.67. The summed E-state index contributed by atoms with van der Waals surface area (Å²) in [6.07, 6.45) is 6.38. The largest absolute Gasteiger partial charge is 0.417 e. The van der Waals surface area contributed by atoms with E-state index in [1.807, 2.05) is 19.1 Å². The van der Waals surface area contributed by atoms with Crippen LogP contribution in [0, 0.1) is 12.7 Å². The molecule has 1 fully saturated rings. The van der Waals surface area contributed by atoms with Crippen LogP contribution in [0.3, 0.4) is 0 Å². The lowest BCUT2D eigenvalue weighted by molar-refractivity contribution is 0.117. The minimum Gasteiger partial charge on any atom is -0.417 e. The number of hydrogen-bond acceptors (Lipinski definition) is 6. The summed E-state index contributed by atoms with van der Waals surface area (Å²) < 4.78 is 19.9. The summed E-state index contributed by atoms with van der Waals surface area (Å²) in [6, 6.07) is 6.87. The monoisotopic (exact) mass is 353 g/mol. The normalized spacial score (nSPS) is 18.2. The molecular formula is C19H20FN5O. The molecule has 0 spiro atoms. The molecule has 1 saturated heterocycles. The van der Waals surface area contributed by atoms with Crippen LogP contribution in [0.2, 0.25) is 0 Å². The summed E-state index contributed by atoms with van der Waals surface area (Å²) in [4.78, 5) is 10.7. The van der Waals surface area contributed by atoms with Gasteiger partial charge in [0.05, 0.1) is 17.9 Å². The second-order valence-corrected chi connectivity index (χ2v) is 6.56. The SMILES string of the molecule is Cc1cnc(-c2nnc([C@H]3CCCCN3Cc3ccccc3F)o2)cn1. The van der Waals surface area contributed by atoms with E-state index >= 15 is 0 Å². The van der Waals surface area contributed by atoms with Gasteiger partial charge in [-0.3, -0.25) is 9.88 Å². The molecule has 1 aromatic carbocycles. The molecule has 0 radical (unpaired) electrons. The molecule has 0 unspecified atom stereocenters. The highest BCUT2D eigenvalue weighted by molar-refractivity contribution is 5.43. The Balaban J connectivity index is 1.57. The lowest BCUT2D eigenvalue weighted by Gasteiger charge is -2.33. The summed E-state index contributed by atoms with van der Waals surface area (Å²) in [5.74, 6) is 0.736. The van der Waals surface area contributed by atoms with Crippen molar-refractivity contribution in [2.24, 2.45) is 0 Å². The van der Waals surface area contributed by atoms with Gasteiger partial charge in [-0.05, 0) is 32.4 Å². The standard InChI is InChI=1S/C19H20FN5O/c1-13-10-22-16(11-21-13)18-23-24-19(26-18)17-8-4-5-9-25(17)12-14-6-2-3-7-15(14)20/h2-3,6-7,10-11,17H,4-5,8-9,12H2,1H3/t17-/m1/s1. The molecule has 0 bridgehead atoms. The average Bonchev–Trinajstić information content (AvgIpc) is 3.15. The second kappa shape index (κ2) is 7.29. The van der Waals surface area contributed by atoms with E-state index in [1.54, 1.807) is 18.5 Å². The predicted molar refractivity (Wildman–Crippen MR) is 93.5 cm³/mol. The predicted octanol–water partition coefficient (Wildman–Crippen LogP) is 3.70. The van der Waals surface area contributed by atoms with Gasteiger partial charge in [-0.15, -0.1) is 10.2 Å². The van der Waals surface area contributed by atoms with Gasteiger partial charge in [0.15, 0.2) is 0 Å². The van der Waals surface area contributed by atoms with Crippen molar-refractivity contribution in [2.45, 2.75) is 38.8 Å². The Labute approximate surface area is 151 Å². The van der Waals surface area contributed by atoms with E-state index in [0.29, 0.717) is 29.6 Å². The Morgan fingerprint density at radius 1 is 1.15 bits per heavy atom. The molecule has 1 aliphatic heterocycles. The first kappa shape index (κ1) is 16.8. The van der Waals surface area contributed by atoms with Gasteiger partial charge in [-0.25, -0.2) is 9.37 Å². The Morgan fingerprint density at radius 3 is 2.85 bits per heavy atom. The van der Waals surface area contributed by atoms with Crippen molar-refractivity contribution in [3.05, 3.63) is 59.6 Å². The third kappa shape index (κ3) is 3.48. The topological polar surface area (TPSA) is 67.9 Å². The van der Waals surface area contributed by atoms with Crippen LogP contribution in [-0.2, 0) is 6.54 Å². The van der Waals surface area contributed by atoms with Crippen molar-refractivity contribution in [1.29, 1.82) is 0 Å². The molecule has 4 rings (SSSR count). The van der Waals surface area contributed by atoms with Crippen LogP contribution in [0.5, 0.6) is 0 Å². The zero-order chi connectivity index (χ0) is 17.9. The molecule has 7 heteroatoms.